The molecule has 0 N–H and O–H groups in total. The lowest BCUT2D eigenvalue weighted by Gasteiger charge is -2.18. The Morgan fingerprint density at radius 3 is 2.32 bits per heavy atom. The highest BCUT2D eigenvalue weighted by Crippen LogP contribution is 2.23. The Bertz CT molecular complexity index is 520. The summed E-state index contributed by atoms with van der Waals surface area (Å²) in [4.78, 5) is 5.61. The van der Waals surface area contributed by atoms with Gasteiger partial charge in [0, 0.05) is 7.05 Å². The quantitative estimate of drug-likeness (QED) is 0.606. The Hall–Kier alpha value is -1.84. The molecule has 0 amide bonds. The Morgan fingerprint density at radius 1 is 1.05 bits per heavy atom. The van der Waals surface area contributed by atoms with Gasteiger partial charge in [0.1, 0.15) is 12.7 Å². The van der Waals surface area contributed by atoms with Crippen molar-refractivity contribution in [2.24, 2.45) is 0 Å². The van der Waals surface area contributed by atoms with Crippen molar-refractivity contribution in [2.45, 2.75) is 6.10 Å². The molecule has 3 rings (SSSR count). The molecule has 1 heterocycles. The van der Waals surface area contributed by atoms with Crippen molar-refractivity contribution in [3.63, 3.8) is 0 Å². The third-order valence-corrected chi connectivity index (χ3v) is 3.19. The molecule has 1 aliphatic rings. The van der Waals surface area contributed by atoms with Gasteiger partial charge in [0.15, 0.2) is 0 Å². The summed E-state index contributed by atoms with van der Waals surface area (Å²) in [5.41, 5.74) is 3.48. The molecule has 0 radical (unpaired) electrons. The Morgan fingerprint density at radius 2 is 1.68 bits per heavy atom. The zero-order valence-electron chi connectivity index (χ0n) is 11.0. The fourth-order valence-corrected chi connectivity index (χ4v) is 1.93. The SMILES string of the molecule is CN(OCC1CO1)c1ccc(-c2ccccc2)cc1. The lowest BCUT2D eigenvalue weighted by molar-refractivity contribution is 0.105. The molecular weight excluding hydrogens is 238 g/mol. The van der Waals surface area contributed by atoms with Gasteiger partial charge in [-0.3, -0.25) is 9.90 Å². The van der Waals surface area contributed by atoms with Gasteiger partial charge in [-0.2, -0.15) is 0 Å². The minimum Gasteiger partial charge on any atom is -0.371 e. The molecule has 1 saturated heterocycles. The normalized spacial score (nSPS) is 17.2. The summed E-state index contributed by atoms with van der Waals surface area (Å²) in [7, 11) is 1.92. The first-order valence-electron chi connectivity index (χ1n) is 6.46. The average Bonchev–Trinajstić information content (AvgIpc) is 3.30. The average molecular weight is 255 g/mol. The fourth-order valence-electron chi connectivity index (χ4n) is 1.93. The van der Waals surface area contributed by atoms with Crippen molar-refractivity contribution in [3.05, 3.63) is 54.6 Å². The van der Waals surface area contributed by atoms with E-state index in [-0.39, 0.29) is 6.10 Å². The van der Waals surface area contributed by atoms with E-state index in [0.717, 1.165) is 12.3 Å². The molecule has 0 aromatic heterocycles. The van der Waals surface area contributed by atoms with Crippen LogP contribution in [0.3, 0.4) is 0 Å². The zero-order chi connectivity index (χ0) is 13.1. The Balaban J connectivity index is 1.67. The molecule has 0 saturated carbocycles. The van der Waals surface area contributed by atoms with Crippen LogP contribution in [0.5, 0.6) is 0 Å². The second-order valence-electron chi connectivity index (χ2n) is 4.66. The maximum atomic E-state index is 5.61. The van der Waals surface area contributed by atoms with E-state index < -0.39 is 0 Å². The third kappa shape index (κ3) is 3.13. The van der Waals surface area contributed by atoms with Gasteiger partial charge in [-0.15, -0.1) is 0 Å². The molecule has 19 heavy (non-hydrogen) atoms. The smallest absolute Gasteiger partial charge is 0.107 e. The van der Waals surface area contributed by atoms with Crippen LogP contribution < -0.4 is 5.06 Å². The summed E-state index contributed by atoms with van der Waals surface area (Å²) in [5, 5.41) is 1.79. The highest BCUT2D eigenvalue weighted by Gasteiger charge is 2.23. The molecule has 3 nitrogen and oxygen atoms in total. The molecule has 0 bridgehead atoms. The van der Waals surface area contributed by atoms with E-state index in [0.29, 0.717) is 6.61 Å². The highest BCUT2D eigenvalue weighted by atomic mass is 16.7. The van der Waals surface area contributed by atoms with Crippen molar-refractivity contribution in [1.29, 1.82) is 0 Å². The summed E-state index contributed by atoms with van der Waals surface area (Å²) in [5.74, 6) is 0. The van der Waals surface area contributed by atoms with Crippen LogP contribution in [-0.2, 0) is 9.57 Å². The van der Waals surface area contributed by atoms with Gasteiger partial charge in [-0.25, -0.2) is 0 Å². The topological polar surface area (TPSA) is 25.0 Å². The van der Waals surface area contributed by atoms with Crippen LogP contribution >= 0.6 is 0 Å². The number of anilines is 1. The molecule has 2 aromatic carbocycles. The largest absolute Gasteiger partial charge is 0.371 e. The van der Waals surface area contributed by atoms with Crippen molar-refractivity contribution < 1.29 is 9.57 Å². The number of epoxide rings is 1. The van der Waals surface area contributed by atoms with Gasteiger partial charge < -0.3 is 4.74 Å². The molecule has 98 valence electrons. The van der Waals surface area contributed by atoms with Crippen LogP contribution in [0.2, 0.25) is 0 Å². The minimum atomic E-state index is 0.283. The highest BCUT2D eigenvalue weighted by molar-refractivity contribution is 5.65. The number of rotatable bonds is 5. The van der Waals surface area contributed by atoms with Gasteiger partial charge in [0.05, 0.1) is 12.3 Å². The molecule has 1 aliphatic heterocycles. The number of hydrogen-bond donors (Lipinski definition) is 0. The standard InChI is InChI=1S/C16H17NO2/c1-17(19-12-16-11-18-16)15-9-7-14(8-10-15)13-5-3-2-4-6-13/h2-10,16H,11-12H2,1H3. The first-order chi connectivity index (χ1) is 9.33. The second-order valence-corrected chi connectivity index (χ2v) is 4.66. The van der Waals surface area contributed by atoms with E-state index in [4.69, 9.17) is 9.57 Å². The monoisotopic (exact) mass is 255 g/mol. The van der Waals surface area contributed by atoms with Crippen molar-refractivity contribution in [3.8, 4) is 11.1 Å². The van der Waals surface area contributed by atoms with Gasteiger partial charge >= 0.3 is 0 Å². The van der Waals surface area contributed by atoms with E-state index in [2.05, 4.69) is 36.4 Å². The summed E-state index contributed by atoms with van der Waals surface area (Å²) < 4.78 is 5.12. The molecular formula is C16H17NO2. The molecule has 1 unspecified atom stereocenters. The van der Waals surface area contributed by atoms with Crippen LogP contribution in [0, 0.1) is 0 Å². The van der Waals surface area contributed by atoms with Crippen LogP contribution in [0.1, 0.15) is 0 Å². The number of hydroxylamine groups is 1. The van der Waals surface area contributed by atoms with E-state index in [1.54, 1.807) is 5.06 Å². The number of ether oxygens (including phenoxy) is 1. The van der Waals surface area contributed by atoms with Crippen molar-refractivity contribution in [2.75, 3.05) is 25.3 Å². The molecule has 0 aliphatic carbocycles. The third-order valence-electron chi connectivity index (χ3n) is 3.19. The minimum absolute atomic E-state index is 0.283. The molecule has 1 fully saturated rings. The van der Waals surface area contributed by atoms with E-state index >= 15 is 0 Å². The first kappa shape index (κ1) is 12.2. The van der Waals surface area contributed by atoms with Crippen molar-refractivity contribution in [1.82, 2.24) is 0 Å². The van der Waals surface area contributed by atoms with Crippen LogP contribution in [0.15, 0.2) is 54.6 Å². The van der Waals surface area contributed by atoms with Crippen LogP contribution in [-0.4, -0.2) is 26.4 Å². The van der Waals surface area contributed by atoms with E-state index in [1.165, 1.54) is 11.1 Å². The van der Waals surface area contributed by atoms with Gasteiger partial charge in [-0.1, -0.05) is 42.5 Å². The molecule has 2 aromatic rings. The van der Waals surface area contributed by atoms with Crippen LogP contribution in [0.4, 0.5) is 5.69 Å². The maximum absolute atomic E-state index is 5.61. The first-order valence-corrected chi connectivity index (χ1v) is 6.46. The molecule has 1 atom stereocenters. The fraction of sp³-hybridized carbons (Fsp3) is 0.250. The number of nitrogens with zero attached hydrogens (tertiary/aromatic N) is 1. The van der Waals surface area contributed by atoms with Crippen LogP contribution in [0.25, 0.3) is 11.1 Å². The Kier molecular flexibility index (Phi) is 3.49. The van der Waals surface area contributed by atoms with Gasteiger partial charge in [0.2, 0.25) is 0 Å². The maximum Gasteiger partial charge on any atom is 0.107 e. The predicted octanol–water partition coefficient (Wildman–Crippen LogP) is 3.12. The van der Waals surface area contributed by atoms with E-state index in [9.17, 15) is 0 Å². The summed E-state index contributed by atoms with van der Waals surface area (Å²) in [6.45, 7) is 1.44. The summed E-state index contributed by atoms with van der Waals surface area (Å²) >= 11 is 0. The number of hydrogen-bond acceptors (Lipinski definition) is 3. The van der Waals surface area contributed by atoms with Gasteiger partial charge in [0.25, 0.3) is 0 Å². The molecule has 0 spiro atoms. The zero-order valence-corrected chi connectivity index (χ0v) is 11.0. The lowest BCUT2D eigenvalue weighted by atomic mass is 10.1. The number of benzene rings is 2. The van der Waals surface area contributed by atoms with Gasteiger partial charge in [-0.05, 0) is 23.3 Å². The predicted molar refractivity (Wildman–Crippen MR) is 76.0 cm³/mol. The molecule has 3 heteroatoms. The van der Waals surface area contributed by atoms with E-state index in [1.807, 2.05) is 25.2 Å². The van der Waals surface area contributed by atoms with Crippen molar-refractivity contribution >= 4 is 5.69 Å². The lowest BCUT2D eigenvalue weighted by Crippen LogP contribution is -2.20. The summed E-state index contributed by atoms with van der Waals surface area (Å²) in [6.07, 6.45) is 0.283. The Labute approximate surface area is 113 Å². The summed E-state index contributed by atoms with van der Waals surface area (Å²) in [6, 6.07) is 18.7. The second kappa shape index (κ2) is 5.43.